The second kappa shape index (κ2) is 5.85. The Bertz CT molecular complexity index is 382. The molecule has 100 valence electrons. The van der Waals surface area contributed by atoms with Gasteiger partial charge in [0.25, 0.3) is 0 Å². The molecule has 1 aliphatic carbocycles. The molecule has 0 radical (unpaired) electrons. The normalized spacial score (nSPS) is 17.1. The second-order valence-electron chi connectivity index (χ2n) is 5.77. The third-order valence-electron chi connectivity index (χ3n) is 4.29. The Kier molecular flexibility index (Phi) is 4.41. The lowest BCUT2D eigenvalue weighted by Gasteiger charge is -2.26. The minimum Gasteiger partial charge on any atom is -0.330 e. The Hall–Kier alpha value is -0.860. The smallest absolute Gasteiger partial charge is 0.0236 e. The summed E-state index contributed by atoms with van der Waals surface area (Å²) >= 11 is 0. The molecule has 1 aliphatic rings. The lowest BCUT2D eigenvalue weighted by Crippen LogP contribution is -2.31. The summed E-state index contributed by atoms with van der Waals surface area (Å²) in [5.41, 5.74) is 9.14. The summed E-state index contributed by atoms with van der Waals surface area (Å²) in [5, 5.41) is 0. The highest BCUT2D eigenvalue weighted by atomic mass is 15.1. The van der Waals surface area contributed by atoms with Crippen LogP contribution in [-0.4, -0.2) is 24.5 Å². The van der Waals surface area contributed by atoms with E-state index < -0.39 is 0 Å². The fourth-order valence-electron chi connectivity index (χ4n) is 2.75. The van der Waals surface area contributed by atoms with Gasteiger partial charge in [0.15, 0.2) is 0 Å². The van der Waals surface area contributed by atoms with Gasteiger partial charge in [0.05, 0.1) is 0 Å². The highest BCUT2D eigenvalue weighted by molar-refractivity contribution is 5.25. The third kappa shape index (κ3) is 3.33. The summed E-state index contributed by atoms with van der Waals surface area (Å²) in [6, 6.07) is 8.71. The molecule has 0 bridgehead atoms. The summed E-state index contributed by atoms with van der Waals surface area (Å²) in [6.07, 6.45) is 3.93. The van der Waals surface area contributed by atoms with Crippen LogP contribution in [0.4, 0.5) is 0 Å². The molecule has 0 aromatic heterocycles. The third-order valence-corrected chi connectivity index (χ3v) is 4.29. The van der Waals surface area contributed by atoms with Crippen molar-refractivity contribution in [3.05, 3.63) is 35.4 Å². The molecule has 1 aromatic carbocycles. The van der Waals surface area contributed by atoms with Crippen molar-refractivity contribution in [3.8, 4) is 0 Å². The molecule has 0 unspecified atom stereocenters. The van der Waals surface area contributed by atoms with Gasteiger partial charge in [0.1, 0.15) is 0 Å². The van der Waals surface area contributed by atoms with Crippen LogP contribution in [0.1, 0.15) is 37.3 Å². The van der Waals surface area contributed by atoms with Crippen LogP contribution < -0.4 is 5.73 Å². The van der Waals surface area contributed by atoms with Crippen molar-refractivity contribution in [3.63, 3.8) is 0 Å². The monoisotopic (exact) mass is 246 g/mol. The van der Waals surface area contributed by atoms with Crippen LogP contribution in [0.3, 0.4) is 0 Å². The summed E-state index contributed by atoms with van der Waals surface area (Å²) < 4.78 is 0. The van der Waals surface area contributed by atoms with Gasteiger partial charge >= 0.3 is 0 Å². The number of hydrogen-bond acceptors (Lipinski definition) is 2. The molecular weight excluding hydrogens is 220 g/mol. The summed E-state index contributed by atoms with van der Waals surface area (Å²) in [6.45, 7) is 8.72. The van der Waals surface area contributed by atoms with Crippen molar-refractivity contribution in [1.82, 2.24) is 4.90 Å². The molecule has 0 heterocycles. The highest BCUT2D eigenvalue weighted by Crippen LogP contribution is 2.49. The molecule has 0 atom stereocenters. The number of rotatable bonds is 7. The summed E-state index contributed by atoms with van der Waals surface area (Å²) in [7, 11) is 0. The molecule has 0 amide bonds. The van der Waals surface area contributed by atoms with Crippen LogP contribution in [0.2, 0.25) is 0 Å². The van der Waals surface area contributed by atoms with Crippen molar-refractivity contribution in [1.29, 1.82) is 0 Å². The van der Waals surface area contributed by atoms with E-state index in [0.29, 0.717) is 5.41 Å². The number of nitrogens with zero attached hydrogens (tertiary/aromatic N) is 1. The van der Waals surface area contributed by atoms with E-state index in [0.717, 1.165) is 19.6 Å². The zero-order valence-corrected chi connectivity index (χ0v) is 11.8. The maximum absolute atomic E-state index is 5.73. The molecule has 1 saturated carbocycles. The minimum absolute atomic E-state index is 0.549. The van der Waals surface area contributed by atoms with E-state index in [1.807, 2.05) is 0 Å². The molecule has 2 heteroatoms. The van der Waals surface area contributed by atoms with Gasteiger partial charge in [-0.05, 0) is 55.8 Å². The van der Waals surface area contributed by atoms with E-state index in [-0.39, 0.29) is 0 Å². The van der Waals surface area contributed by atoms with Crippen LogP contribution in [-0.2, 0) is 6.54 Å². The van der Waals surface area contributed by atoms with E-state index in [1.165, 1.54) is 36.9 Å². The first-order valence-electron chi connectivity index (χ1n) is 7.16. The van der Waals surface area contributed by atoms with Gasteiger partial charge in [-0.2, -0.15) is 0 Å². The Morgan fingerprint density at radius 3 is 2.56 bits per heavy atom. The molecule has 0 aliphatic heterocycles. The van der Waals surface area contributed by atoms with Crippen molar-refractivity contribution >= 4 is 0 Å². The quantitative estimate of drug-likeness (QED) is 0.801. The predicted octanol–water partition coefficient (Wildman–Crippen LogP) is 2.95. The first-order chi connectivity index (χ1) is 8.69. The zero-order chi connectivity index (χ0) is 13.0. The molecule has 0 saturated heterocycles. The van der Waals surface area contributed by atoms with E-state index in [4.69, 9.17) is 5.73 Å². The SMILES string of the molecule is CCN(Cc1ccccc1C)CC1(CCN)CC1. The van der Waals surface area contributed by atoms with Crippen molar-refractivity contribution < 1.29 is 0 Å². The van der Waals surface area contributed by atoms with Crippen LogP contribution in [0.5, 0.6) is 0 Å². The van der Waals surface area contributed by atoms with Gasteiger partial charge < -0.3 is 5.73 Å². The maximum Gasteiger partial charge on any atom is 0.0236 e. The molecule has 2 N–H and O–H groups in total. The fraction of sp³-hybridized carbons (Fsp3) is 0.625. The predicted molar refractivity (Wildman–Crippen MR) is 77.5 cm³/mol. The first kappa shape index (κ1) is 13.6. The van der Waals surface area contributed by atoms with Crippen molar-refractivity contribution in [2.45, 2.75) is 39.7 Å². The van der Waals surface area contributed by atoms with Crippen LogP contribution in [0.25, 0.3) is 0 Å². The standard InChI is InChI=1S/C16H26N2/c1-3-18(13-16(8-9-16)10-11-17)12-15-7-5-4-6-14(15)2/h4-7H,3,8-13,17H2,1-2H3. The Labute approximate surface area is 111 Å². The number of nitrogens with two attached hydrogens (primary N) is 1. The van der Waals surface area contributed by atoms with Gasteiger partial charge in [-0.15, -0.1) is 0 Å². The largest absolute Gasteiger partial charge is 0.330 e. The molecule has 1 aromatic rings. The van der Waals surface area contributed by atoms with Gasteiger partial charge in [-0.1, -0.05) is 31.2 Å². The second-order valence-corrected chi connectivity index (χ2v) is 5.77. The number of benzene rings is 1. The minimum atomic E-state index is 0.549. The van der Waals surface area contributed by atoms with E-state index in [1.54, 1.807) is 0 Å². The van der Waals surface area contributed by atoms with Crippen molar-refractivity contribution in [2.75, 3.05) is 19.6 Å². The average molecular weight is 246 g/mol. The molecular formula is C16H26N2. The van der Waals surface area contributed by atoms with Gasteiger partial charge in [0.2, 0.25) is 0 Å². The summed E-state index contributed by atoms with van der Waals surface area (Å²) in [4.78, 5) is 2.57. The maximum atomic E-state index is 5.73. The van der Waals surface area contributed by atoms with Crippen molar-refractivity contribution in [2.24, 2.45) is 11.1 Å². The Morgan fingerprint density at radius 1 is 1.28 bits per heavy atom. The Morgan fingerprint density at radius 2 is 2.00 bits per heavy atom. The van der Waals surface area contributed by atoms with E-state index in [9.17, 15) is 0 Å². The molecule has 18 heavy (non-hydrogen) atoms. The number of aryl methyl sites for hydroxylation is 1. The molecule has 1 fully saturated rings. The fourth-order valence-corrected chi connectivity index (χ4v) is 2.75. The first-order valence-corrected chi connectivity index (χ1v) is 7.16. The van der Waals surface area contributed by atoms with Crippen LogP contribution in [0, 0.1) is 12.3 Å². The lowest BCUT2D eigenvalue weighted by atomic mass is 10.0. The lowest BCUT2D eigenvalue weighted by molar-refractivity contribution is 0.215. The van der Waals surface area contributed by atoms with E-state index in [2.05, 4.69) is 43.0 Å². The molecule has 2 rings (SSSR count). The van der Waals surface area contributed by atoms with Crippen LogP contribution >= 0.6 is 0 Å². The summed E-state index contributed by atoms with van der Waals surface area (Å²) in [5.74, 6) is 0. The molecule has 2 nitrogen and oxygen atoms in total. The number of hydrogen-bond donors (Lipinski definition) is 1. The van der Waals surface area contributed by atoms with Gasteiger partial charge in [-0.25, -0.2) is 0 Å². The van der Waals surface area contributed by atoms with Gasteiger partial charge in [0, 0.05) is 13.1 Å². The Balaban J connectivity index is 1.96. The zero-order valence-electron chi connectivity index (χ0n) is 11.8. The van der Waals surface area contributed by atoms with E-state index >= 15 is 0 Å². The highest BCUT2D eigenvalue weighted by Gasteiger charge is 2.42. The average Bonchev–Trinajstić information content (AvgIpc) is 3.11. The molecule has 0 spiro atoms. The van der Waals surface area contributed by atoms with Gasteiger partial charge in [-0.3, -0.25) is 4.90 Å². The van der Waals surface area contributed by atoms with Crippen LogP contribution in [0.15, 0.2) is 24.3 Å². The topological polar surface area (TPSA) is 29.3 Å².